The summed E-state index contributed by atoms with van der Waals surface area (Å²) in [5, 5.41) is 3.30. The molecule has 1 heterocycles. The number of halogens is 1. The van der Waals surface area contributed by atoms with Crippen LogP contribution in [0.15, 0.2) is 24.3 Å². The molecule has 1 amide bonds. The molecule has 0 bridgehead atoms. The highest BCUT2D eigenvalue weighted by atomic mass is 35.5. The molecule has 0 aromatic heterocycles. The highest BCUT2D eigenvalue weighted by Gasteiger charge is 2.35. The highest BCUT2D eigenvalue weighted by molar-refractivity contribution is 5.87. The minimum Gasteiger partial charge on any atom is -0.340 e. The third-order valence-electron chi connectivity index (χ3n) is 4.74. The van der Waals surface area contributed by atoms with Crippen LogP contribution < -0.4 is 5.32 Å². The van der Waals surface area contributed by atoms with Gasteiger partial charge < -0.3 is 10.2 Å². The first-order valence-electron chi connectivity index (χ1n) is 8.05. The zero-order chi connectivity index (χ0) is 15.5. The second-order valence-corrected chi connectivity index (χ2v) is 6.55. The maximum Gasteiger partial charge on any atom is 0.232 e. The summed E-state index contributed by atoms with van der Waals surface area (Å²) in [6.07, 6.45) is 3.28. The van der Waals surface area contributed by atoms with Gasteiger partial charge in [0.2, 0.25) is 5.91 Å². The maximum absolute atomic E-state index is 12.9. The van der Waals surface area contributed by atoms with E-state index in [-0.39, 0.29) is 18.3 Å². The number of likely N-dealkylation sites (tertiary alicyclic amines) is 1. The Balaban J connectivity index is 0.00000242. The van der Waals surface area contributed by atoms with E-state index in [4.69, 9.17) is 0 Å². The molecule has 1 N–H and O–H groups in total. The van der Waals surface area contributed by atoms with Gasteiger partial charge in [0.15, 0.2) is 0 Å². The summed E-state index contributed by atoms with van der Waals surface area (Å²) in [4.78, 5) is 15.0. The fourth-order valence-electron chi connectivity index (χ4n) is 3.07. The van der Waals surface area contributed by atoms with E-state index in [2.05, 4.69) is 36.5 Å². The van der Waals surface area contributed by atoms with Gasteiger partial charge in [0, 0.05) is 19.1 Å². The van der Waals surface area contributed by atoms with E-state index in [0.29, 0.717) is 6.04 Å². The van der Waals surface area contributed by atoms with Crippen LogP contribution in [0.5, 0.6) is 0 Å². The Morgan fingerprint density at radius 3 is 2.50 bits per heavy atom. The lowest BCUT2D eigenvalue weighted by atomic mass is 9.82. The Hall–Kier alpha value is -1.06. The van der Waals surface area contributed by atoms with Crippen LogP contribution in [0.25, 0.3) is 0 Å². The number of hydrogen-bond acceptors (Lipinski definition) is 2. The molecule has 1 unspecified atom stereocenters. The molecule has 0 aliphatic carbocycles. The van der Waals surface area contributed by atoms with Crippen molar-refractivity contribution in [2.75, 3.05) is 20.1 Å². The number of piperidine rings is 1. The summed E-state index contributed by atoms with van der Waals surface area (Å²) in [6, 6.07) is 8.92. The molecule has 1 saturated heterocycles. The Kier molecular flexibility index (Phi) is 6.89. The average Bonchev–Trinajstić information content (AvgIpc) is 2.54. The Labute approximate surface area is 140 Å². The first-order chi connectivity index (χ1) is 9.98. The summed E-state index contributed by atoms with van der Waals surface area (Å²) in [6.45, 7) is 7.94. The molecule has 0 spiro atoms. The molecule has 4 heteroatoms. The molecule has 1 fully saturated rings. The van der Waals surface area contributed by atoms with Crippen LogP contribution in [0.3, 0.4) is 0 Å². The molecule has 1 atom stereocenters. The number of benzene rings is 1. The van der Waals surface area contributed by atoms with Crippen molar-refractivity contribution in [3.63, 3.8) is 0 Å². The average molecular weight is 325 g/mol. The van der Waals surface area contributed by atoms with Crippen LogP contribution in [-0.4, -0.2) is 37.0 Å². The van der Waals surface area contributed by atoms with Crippen molar-refractivity contribution in [1.82, 2.24) is 10.2 Å². The summed E-state index contributed by atoms with van der Waals surface area (Å²) < 4.78 is 0. The maximum atomic E-state index is 12.9. The van der Waals surface area contributed by atoms with Crippen molar-refractivity contribution in [2.24, 2.45) is 0 Å². The fraction of sp³-hybridized carbons (Fsp3) is 0.611. The van der Waals surface area contributed by atoms with Crippen molar-refractivity contribution in [2.45, 2.75) is 51.5 Å². The third-order valence-corrected chi connectivity index (χ3v) is 4.74. The van der Waals surface area contributed by atoms with Crippen LogP contribution in [0.4, 0.5) is 0 Å². The molecular formula is C18H29ClN2O. The van der Waals surface area contributed by atoms with E-state index in [1.807, 2.05) is 25.8 Å². The number of carbonyl (C=O) groups excluding carboxylic acids is 1. The quantitative estimate of drug-likeness (QED) is 0.922. The van der Waals surface area contributed by atoms with E-state index < -0.39 is 5.41 Å². The van der Waals surface area contributed by atoms with Gasteiger partial charge in [0.05, 0.1) is 5.41 Å². The summed E-state index contributed by atoms with van der Waals surface area (Å²) in [5.74, 6) is 0.242. The van der Waals surface area contributed by atoms with Crippen LogP contribution in [-0.2, 0) is 16.6 Å². The van der Waals surface area contributed by atoms with Crippen LogP contribution in [0, 0.1) is 0 Å². The fourth-order valence-corrected chi connectivity index (χ4v) is 3.07. The largest absolute Gasteiger partial charge is 0.340 e. The van der Waals surface area contributed by atoms with E-state index in [9.17, 15) is 4.79 Å². The molecule has 1 aromatic rings. The normalized spacial score (nSPS) is 18.7. The molecule has 1 aliphatic heterocycles. The van der Waals surface area contributed by atoms with Gasteiger partial charge in [-0.05, 0) is 51.3 Å². The summed E-state index contributed by atoms with van der Waals surface area (Å²) in [5.41, 5.74) is 1.97. The first-order valence-corrected chi connectivity index (χ1v) is 8.05. The number of nitrogens with zero attached hydrogens (tertiary/aromatic N) is 1. The number of aryl methyl sites for hydroxylation is 1. The molecule has 22 heavy (non-hydrogen) atoms. The Bertz CT molecular complexity index is 484. The second kappa shape index (κ2) is 7.98. The van der Waals surface area contributed by atoms with Crippen molar-refractivity contribution in [3.8, 4) is 0 Å². The number of rotatable bonds is 4. The molecular weight excluding hydrogens is 296 g/mol. The van der Waals surface area contributed by atoms with Gasteiger partial charge in [-0.15, -0.1) is 12.4 Å². The molecule has 2 rings (SSSR count). The van der Waals surface area contributed by atoms with Crippen LogP contribution >= 0.6 is 12.4 Å². The molecule has 1 aliphatic rings. The molecule has 0 radical (unpaired) electrons. The zero-order valence-corrected chi connectivity index (χ0v) is 15.0. The molecule has 0 saturated carbocycles. The molecule has 124 valence electrons. The lowest BCUT2D eigenvalue weighted by Gasteiger charge is -2.37. The lowest BCUT2D eigenvalue weighted by molar-refractivity contribution is -0.137. The van der Waals surface area contributed by atoms with Crippen LogP contribution in [0.1, 0.15) is 44.7 Å². The van der Waals surface area contributed by atoms with Gasteiger partial charge in [0.25, 0.3) is 0 Å². The lowest BCUT2D eigenvalue weighted by Crippen LogP contribution is -2.51. The van der Waals surface area contributed by atoms with Crippen molar-refractivity contribution in [1.29, 1.82) is 0 Å². The van der Waals surface area contributed by atoms with Crippen LogP contribution in [0.2, 0.25) is 0 Å². The molecule has 3 nitrogen and oxygen atoms in total. The summed E-state index contributed by atoms with van der Waals surface area (Å²) in [7, 11) is 1.98. The third kappa shape index (κ3) is 4.02. The van der Waals surface area contributed by atoms with E-state index >= 15 is 0 Å². The number of amides is 1. The minimum atomic E-state index is -0.456. The molecule has 1 aromatic carbocycles. The predicted molar refractivity (Wildman–Crippen MR) is 94.8 cm³/mol. The number of carbonyl (C=O) groups is 1. The topological polar surface area (TPSA) is 32.3 Å². The van der Waals surface area contributed by atoms with Gasteiger partial charge >= 0.3 is 0 Å². The monoisotopic (exact) mass is 324 g/mol. The smallest absolute Gasteiger partial charge is 0.232 e. The number of nitrogens with one attached hydrogen (secondary N) is 1. The highest BCUT2D eigenvalue weighted by Crippen LogP contribution is 2.27. The second-order valence-electron chi connectivity index (χ2n) is 6.55. The predicted octanol–water partition coefficient (Wildman–Crippen LogP) is 3.16. The minimum absolute atomic E-state index is 0. The van der Waals surface area contributed by atoms with Crippen molar-refractivity contribution < 1.29 is 4.79 Å². The standard InChI is InChI=1S/C18H28N2O.ClH/c1-5-14-8-10-15(11-9-14)18(2,3)17(21)20-12-6-7-16(13-20)19-4;/h8-11,16,19H,5-7,12-13H2,1-4H3;1H. The zero-order valence-electron chi connectivity index (χ0n) is 14.2. The first kappa shape index (κ1) is 19.0. The number of hydrogen-bond donors (Lipinski definition) is 1. The Morgan fingerprint density at radius 2 is 1.95 bits per heavy atom. The van der Waals surface area contributed by atoms with Gasteiger partial charge in [-0.2, -0.15) is 0 Å². The van der Waals surface area contributed by atoms with Crippen molar-refractivity contribution in [3.05, 3.63) is 35.4 Å². The summed E-state index contributed by atoms with van der Waals surface area (Å²) >= 11 is 0. The Morgan fingerprint density at radius 1 is 1.32 bits per heavy atom. The van der Waals surface area contributed by atoms with E-state index in [1.54, 1.807) is 0 Å². The van der Waals surface area contributed by atoms with Gasteiger partial charge in [-0.25, -0.2) is 0 Å². The van der Waals surface area contributed by atoms with Crippen molar-refractivity contribution >= 4 is 18.3 Å². The van der Waals surface area contributed by atoms with Gasteiger partial charge in [0.1, 0.15) is 0 Å². The van der Waals surface area contributed by atoms with Gasteiger partial charge in [-0.1, -0.05) is 31.2 Å². The van der Waals surface area contributed by atoms with Gasteiger partial charge in [-0.3, -0.25) is 4.79 Å². The van der Waals surface area contributed by atoms with E-state index in [0.717, 1.165) is 37.9 Å². The van der Waals surface area contributed by atoms with E-state index in [1.165, 1.54) is 5.56 Å². The SMILES string of the molecule is CCc1ccc(C(C)(C)C(=O)N2CCCC(NC)C2)cc1.Cl. The number of likely N-dealkylation sites (N-methyl/N-ethyl adjacent to an activating group) is 1.